The zero-order valence-electron chi connectivity index (χ0n) is 23.6. The first-order chi connectivity index (χ1) is 18.3. The molecule has 1 unspecified atom stereocenters. The number of rotatable bonds is 8. The molecule has 1 aromatic carbocycles. The fourth-order valence-corrected chi connectivity index (χ4v) is 7.07. The van der Waals surface area contributed by atoms with Crippen LogP contribution in [0.15, 0.2) is 18.2 Å². The van der Waals surface area contributed by atoms with Crippen LogP contribution in [0.4, 0.5) is 14.9 Å². The van der Waals surface area contributed by atoms with Crippen molar-refractivity contribution < 1.29 is 27.1 Å². The number of amides is 2. The Bertz CT molecular complexity index is 1150. The van der Waals surface area contributed by atoms with E-state index in [1.165, 1.54) is 23.0 Å². The van der Waals surface area contributed by atoms with E-state index >= 15 is 0 Å². The summed E-state index contributed by atoms with van der Waals surface area (Å²) < 4.78 is 44.8. The number of carbonyl (C=O) groups is 2. The zero-order chi connectivity index (χ0) is 28.4. The molecule has 2 aliphatic heterocycles. The number of nitrogens with one attached hydrogen (secondary N) is 1. The number of sulfonamides is 1. The van der Waals surface area contributed by atoms with Gasteiger partial charge in [-0.2, -0.15) is 4.31 Å². The highest BCUT2D eigenvalue weighted by atomic mass is 32.2. The number of carbonyl (C=O) groups excluding carboxylic acids is 2. The minimum atomic E-state index is -3.31. The third-order valence-corrected chi connectivity index (χ3v) is 9.59. The summed E-state index contributed by atoms with van der Waals surface area (Å²) in [6, 6.07) is 4.55. The summed E-state index contributed by atoms with van der Waals surface area (Å²) in [7, 11) is -3.31. The van der Waals surface area contributed by atoms with Gasteiger partial charge in [0, 0.05) is 56.4 Å². The van der Waals surface area contributed by atoms with Crippen LogP contribution in [0.1, 0.15) is 64.9 Å². The van der Waals surface area contributed by atoms with E-state index in [9.17, 15) is 22.4 Å². The van der Waals surface area contributed by atoms with Crippen LogP contribution in [0.5, 0.6) is 0 Å². The van der Waals surface area contributed by atoms with Gasteiger partial charge < -0.3 is 19.9 Å². The molecule has 11 heteroatoms. The van der Waals surface area contributed by atoms with Gasteiger partial charge >= 0.3 is 6.09 Å². The van der Waals surface area contributed by atoms with Gasteiger partial charge in [-0.15, -0.1) is 0 Å². The van der Waals surface area contributed by atoms with Crippen LogP contribution in [0.2, 0.25) is 0 Å². The lowest BCUT2D eigenvalue weighted by atomic mass is 9.85. The van der Waals surface area contributed by atoms with Crippen molar-refractivity contribution in [2.75, 3.05) is 50.4 Å². The van der Waals surface area contributed by atoms with Crippen molar-refractivity contribution in [3.05, 3.63) is 29.6 Å². The fourth-order valence-electron chi connectivity index (χ4n) is 6.25. The molecule has 39 heavy (non-hydrogen) atoms. The van der Waals surface area contributed by atoms with E-state index in [4.69, 9.17) is 4.74 Å². The number of benzene rings is 1. The molecular weight excluding hydrogens is 523 g/mol. The van der Waals surface area contributed by atoms with Crippen molar-refractivity contribution in [2.45, 2.75) is 76.9 Å². The second kappa shape index (κ2) is 12.0. The molecular formula is C28H43FN4O5S. The molecule has 9 nitrogen and oxygen atoms in total. The molecule has 0 bridgehead atoms. The Morgan fingerprint density at radius 3 is 2.44 bits per heavy atom. The first-order valence-electron chi connectivity index (χ1n) is 14.1. The van der Waals surface area contributed by atoms with E-state index in [1.807, 2.05) is 6.92 Å². The number of hydrogen-bond acceptors (Lipinski definition) is 6. The van der Waals surface area contributed by atoms with Crippen LogP contribution >= 0.6 is 0 Å². The normalized spacial score (nSPS) is 21.8. The van der Waals surface area contributed by atoms with E-state index in [-0.39, 0.29) is 49.4 Å². The maximum absolute atomic E-state index is 13.9. The number of alkyl carbamates (subject to hydrolysis) is 1. The maximum Gasteiger partial charge on any atom is 0.408 e. The molecule has 1 saturated carbocycles. The van der Waals surface area contributed by atoms with E-state index < -0.39 is 22.2 Å². The van der Waals surface area contributed by atoms with Gasteiger partial charge in [-0.3, -0.25) is 4.79 Å². The number of ether oxygens (including phenoxy) is 1. The van der Waals surface area contributed by atoms with E-state index in [0.29, 0.717) is 25.4 Å². The second-order valence-corrected chi connectivity index (χ2v) is 14.1. The predicted octanol–water partition coefficient (Wildman–Crippen LogP) is 3.48. The molecule has 3 aliphatic rings. The number of hydrogen-bond donors (Lipinski definition) is 1. The van der Waals surface area contributed by atoms with Gasteiger partial charge in [0.15, 0.2) is 6.10 Å². The van der Waals surface area contributed by atoms with Gasteiger partial charge in [-0.25, -0.2) is 17.6 Å². The molecule has 0 spiro atoms. The Balaban J connectivity index is 1.37. The van der Waals surface area contributed by atoms with Crippen LogP contribution in [0.3, 0.4) is 0 Å². The predicted molar refractivity (Wildman–Crippen MR) is 149 cm³/mol. The summed E-state index contributed by atoms with van der Waals surface area (Å²) in [6.45, 7) is 8.30. The molecule has 4 rings (SSSR count). The standard InChI is InChI=1S/C28H43FN4O5S/c1-20(18-32-19-28(2,3)23-17-22(29)10-11-24(23)32)30-27(35)38-25(16-21-8-6-5-7-9-21)26(34)31-12-14-33(15-13-31)39(4,36)37/h10-11,17,20-21,25H,5-9,12-16,18-19H2,1-4H3,(H,30,35)/t20-,25?/m0/s1. The SMILES string of the molecule is C[C@@H](CN1CC(C)(C)c2cc(F)ccc21)NC(=O)OC(CC1CCCCC1)C(=O)N1CCN(S(C)(=O)=O)CC1. The van der Waals surface area contributed by atoms with Crippen LogP contribution < -0.4 is 10.2 Å². The van der Waals surface area contributed by atoms with E-state index in [0.717, 1.165) is 36.9 Å². The number of piperazine rings is 1. The lowest BCUT2D eigenvalue weighted by molar-refractivity contribution is -0.142. The van der Waals surface area contributed by atoms with Crippen LogP contribution in [0.25, 0.3) is 0 Å². The zero-order valence-corrected chi connectivity index (χ0v) is 24.4. The van der Waals surface area contributed by atoms with Crippen molar-refractivity contribution in [1.82, 2.24) is 14.5 Å². The largest absolute Gasteiger partial charge is 0.436 e. The Morgan fingerprint density at radius 2 is 1.79 bits per heavy atom. The van der Waals surface area contributed by atoms with Crippen molar-refractivity contribution in [3.8, 4) is 0 Å². The summed E-state index contributed by atoms with van der Waals surface area (Å²) >= 11 is 0. The molecule has 2 amide bonds. The first kappa shape index (κ1) is 29.6. The summed E-state index contributed by atoms with van der Waals surface area (Å²) in [5.41, 5.74) is 1.70. The summed E-state index contributed by atoms with van der Waals surface area (Å²) in [5, 5.41) is 2.89. The Kier molecular flexibility index (Phi) is 9.10. The van der Waals surface area contributed by atoms with Crippen molar-refractivity contribution >= 4 is 27.7 Å². The van der Waals surface area contributed by atoms with Gasteiger partial charge in [-0.1, -0.05) is 46.0 Å². The van der Waals surface area contributed by atoms with Gasteiger partial charge in [-0.05, 0) is 43.0 Å². The van der Waals surface area contributed by atoms with Crippen LogP contribution in [-0.4, -0.2) is 87.3 Å². The third-order valence-electron chi connectivity index (χ3n) is 8.29. The highest BCUT2D eigenvalue weighted by Gasteiger charge is 2.37. The molecule has 1 aromatic rings. The van der Waals surface area contributed by atoms with Gasteiger partial charge in [0.1, 0.15) is 5.82 Å². The Labute approximate surface area is 232 Å². The number of fused-ring (bicyclic) bond motifs is 1. The Hall–Kier alpha value is -2.40. The first-order valence-corrected chi connectivity index (χ1v) is 15.9. The minimum Gasteiger partial charge on any atom is -0.436 e. The highest BCUT2D eigenvalue weighted by molar-refractivity contribution is 7.88. The summed E-state index contributed by atoms with van der Waals surface area (Å²) in [4.78, 5) is 30.3. The van der Waals surface area contributed by atoms with Crippen molar-refractivity contribution in [3.63, 3.8) is 0 Å². The molecule has 2 fully saturated rings. The molecule has 218 valence electrons. The summed E-state index contributed by atoms with van der Waals surface area (Å²) in [6.07, 6.45) is 5.54. The molecule has 2 heterocycles. The van der Waals surface area contributed by atoms with Gasteiger partial charge in [0.25, 0.3) is 5.91 Å². The van der Waals surface area contributed by atoms with Gasteiger partial charge in [0.2, 0.25) is 10.0 Å². The second-order valence-electron chi connectivity index (χ2n) is 12.1. The molecule has 0 aromatic heterocycles. The van der Waals surface area contributed by atoms with Crippen molar-refractivity contribution in [1.29, 1.82) is 0 Å². The molecule has 1 N–H and O–H groups in total. The lowest BCUT2D eigenvalue weighted by Gasteiger charge is -2.36. The molecule has 2 atom stereocenters. The highest BCUT2D eigenvalue weighted by Crippen LogP contribution is 2.40. The van der Waals surface area contributed by atoms with Crippen LogP contribution in [-0.2, 0) is 25.0 Å². The molecule has 1 aliphatic carbocycles. The summed E-state index contributed by atoms with van der Waals surface area (Å²) in [5.74, 6) is -0.197. The average molecular weight is 567 g/mol. The lowest BCUT2D eigenvalue weighted by Crippen LogP contribution is -2.54. The van der Waals surface area contributed by atoms with Gasteiger partial charge in [0.05, 0.1) is 6.26 Å². The maximum atomic E-state index is 13.9. The monoisotopic (exact) mass is 566 g/mol. The number of nitrogens with zero attached hydrogens (tertiary/aromatic N) is 3. The van der Waals surface area contributed by atoms with Crippen LogP contribution in [0, 0.1) is 11.7 Å². The molecule has 0 radical (unpaired) electrons. The topological polar surface area (TPSA) is 99.3 Å². The van der Waals surface area contributed by atoms with Crippen molar-refractivity contribution in [2.24, 2.45) is 5.92 Å². The minimum absolute atomic E-state index is 0.212. The third kappa shape index (κ3) is 7.42. The number of anilines is 1. The smallest absolute Gasteiger partial charge is 0.408 e. The fraction of sp³-hybridized carbons (Fsp3) is 0.714. The Morgan fingerprint density at radius 1 is 1.13 bits per heavy atom. The average Bonchev–Trinajstić information content (AvgIpc) is 3.11. The van der Waals surface area contributed by atoms with E-state index in [1.54, 1.807) is 17.0 Å². The molecule has 1 saturated heterocycles. The van der Waals surface area contributed by atoms with E-state index in [2.05, 4.69) is 24.1 Å². The number of halogens is 1. The quantitative estimate of drug-likeness (QED) is 0.517.